The van der Waals surface area contributed by atoms with Gasteiger partial charge >= 0.3 is 0 Å². The van der Waals surface area contributed by atoms with Crippen LogP contribution in [0.25, 0.3) is 0 Å². The molecule has 6 heteroatoms. The molecule has 0 heterocycles. The average molecular weight is 250 g/mol. The minimum atomic E-state index is -0.346. The number of rotatable bonds is 8. The predicted molar refractivity (Wildman–Crippen MR) is 71.0 cm³/mol. The van der Waals surface area contributed by atoms with Gasteiger partial charge in [0.2, 0.25) is 11.8 Å². The topological polar surface area (TPSA) is 110 Å². The number of para-hydroxylation sites is 2. The summed E-state index contributed by atoms with van der Waals surface area (Å²) in [5, 5.41) is 6.21. The summed E-state index contributed by atoms with van der Waals surface area (Å²) in [7, 11) is 0. The van der Waals surface area contributed by atoms with E-state index in [4.69, 9.17) is 11.5 Å². The van der Waals surface area contributed by atoms with Gasteiger partial charge in [-0.25, -0.2) is 0 Å². The fraction of sp³-hybridized carbons (Fsp3) is 0.333. The molecule has 0 bridgehead atoms. The summed E-state index contributed by atoms with van der Waals surface area (Å²) in [6, 6.07) is 7.53. The fourth-order valence-electron chi connectivity index (χ4n) is 1.43. The molecule has 0 aromatic heterocycles. The van der Waals surface area contributed by atoms with Gasteiger partial charge in [0, 0.05) is 25.9 Å². The number of carbonyl (C=O) groups excluding carboxylic acids is 2. The molecule has 0 atom stereocenters. The second kappa shape index (κ2) is 7.16. The average Bonchev–Trinajstić information content (AvgIpc) is 2.30. The Hall–Kier alpha value is -2.24. The molecule has 0 spiro atoms. The molecule has 0 fully saturated rings. The van der Waals surface area contributed by atoms with Gasteiger partial charge in [0.15, 0.2) is 0 Å². The van der Waals surface area contributed by atoms with E-state index in [2.05, 4.69) is 10.6 Å². The van der Waals surface area contributed by atoms with E-state index in [1.165, 1.54) is 0 Å². The lowest BCUT2D eigenvalue weighted by atomic mass is 10.2. The molecule has 6 N–H and O–H groups in total. The molecule has 18 heavy (non-hydrogen) atoms. The highest BCUT2D eigenvalue weighted by atomic mass is 16.1. The maximum atomic E-state index is 10.6. The Balaban J connectivity index is 2.50. The van der Waals surface area contributed by atoms with Crippen LogP contribution in [0, 0.1) is 0 Å². The molecule has 0 aliphatic heterocycles. The number of primary amides is 2. The maximum Gasteiger partial charge on any atom is 0.219 e. The SMILES string of the molecule is NC(=O)CCNc1ccccc1NCCC(N)=O. The zero-order valence-corrected chi connectivity index (χ0v) is 10.1. The van der Waals surface area contributed by atoms with Crippen molar-refractivity contribution < 1.29 is 9.59 Å². The van der Waals surface area contributed by atoms with Crippen LogP contribution in [0.15, 0.2) is 24.3 Å². The van der Waals surface area contributed by atoms with Crippen molar-refractivity contribution in [2.24, 2.45) is 11.5 Å². The van der Waals surface area contributed by atoms with E-state index in [0.29, 0.717) is 13.1 Å². The Morgan fingerprint density at radius 3 is 1.61 bits per heavy atom. The highest BCUT2D eigenvalue weighted by Gasteiger charge is 2.02. The Labute approximate surface area is 106 Å². The molecule has 1 aromatic rings. The van der Waals surface area contributed by atoms with Crippen LogP contribution in [0.3, 0.4) is 0 Å². The minimum absolute atomic E-state index is 0.273. The predicted octanol–water partition coefficient (Wildman–Crippen LogP) is 0.261. The monoisotopic (exact) mass is 250 g/mol. The van der Waals surface area contributed by atoms with Crippen molar-refractivity contribution in [2.45, 2.75) is 12.8 Å². The van der Waals surface area contributed by atoms with E-state index in [0.717, 1.165) is 11.4 Å². The van der Waals surface area contributed by atoms with E-state index in [1.54, 1.807) is 0 Å². The normalized spacial score (nSPS) is 9.78. The van der Waals surface area contributed by atoms with Crippen LogP contribution in [0.1, 0.15) is 12.8 Å². The molecule has 98 valence electrons. The molecule has 0 radical (unpaired) electrons. The lowest BCUT2D eigenvalue weighted by Crippen LogP contribution is -2.18. The first-order chi connectivity index (χ1) is 8.59. The third-order valence-electron chi connectivity index (χ3n) is 2.30. The van der Waals surface area contributed by atoms with E-state index in [-0.39, 0.29) is 24.7 Å². The second-order valence-corrected chi connectivity index (χ2v) is 3.83. The molecule has 0 unspecified atom stereocenters. The lowest BCUT2D eigenvalue weighted by molar-refractivity contribution is -0.118. The van der Waals surface area contributed by atoms with Gasteiger partial charge in [-0.1, -0.05) is 12.1 Å². The van der Waals surface area contributed by atoms with Crippen molar-refractivity contribution in [3.05, 3.63) is 24.3 Å². The first-order valence-corrected chi connectivity index (χ1v) is 5.73. The Morgan fingerprint density at radius 2 is 1.28 bits per heavy atom. The van der Waals surface area contributed by atoms with Crippen LogP contribution in [-0.4, -0.2) is 24.9 Å². The van der Waals surface area contributed by atoms with Crippen molar-refractivity contribution in [1.29, 1.82) is 0 Å². The standard InChI is InChI=1S/C12H18N4O2/c13-11(17)5-7-15-9-3-1-2-4-10(9)16-8-6-12(14)18/h1-4,15-16H,5-8H2,(H2,13,17)(H2,14,18). The van der Waals surface area contributed by atoms with Gasteiger partial charge in [-0.2, -0.15) is 0 Å². The van der Waals surface area contributed by atoms with Crippen molar-refractivity contribution >= 4 is 23.2 Å². The van der Waals surface area contributed by atoms with E-state index in [9.17, 15) is 9.59 Å². The molecule has 6 nitrogen and oxygen atoms in total. The number of hydrogen-bond donors (Lipinski definition) is 4. The van der Waals surface area contributed by atoms with Crippen molar-refractivity contribution in [2.75, 3.05) is 23.7 Å². The summed E-state index contributed by atoms with van der Waals surface area (Å²) < 4.78 is 0. The number of nitrogens with two attached hydrogens (primary N) is 2. The van der Waals surface area contributed by atoms with Gasteiger partial charge in [0.05, 0.1) is 11.4 Å². The molecule has 1 aromatic carbocycles. The Kier molecular flexibility index (Phi) is 5.50. The molecular weight excluding hydrogens is 232 g/mol. The molecule has 1 rings (SSSR count). The first-order valence-electron chi connectivity index (χ1n) is 5.73. The summed E-state index contributed by atoms with van der Waals surface area (Å²) in [6.07, 6.45) is 0.547. The minimum Gasteiger partial charge on any atom is -0.383 e. The third-order valence-corrected chi connectivity index (χ3v) is 2.30. The van der Waals surface area contributed by atoms with E-state index >= 15 is 0 Å². The number of hydrogen-bond acceptors (Lipinski definition) is 4. The summed E-state index contributed by atoms with van der Waals surface area (Å²) in [6.45, 7) is 0.952. The number of carbonyl (C=O) groups is 2. The highest BCUT2D eigenvalue weighted by molar-refractivity contribution is 5.76. The van der Waals surface area contributed by atoms with Crippen molar-refractivity contribution in [3.8, 4) is 0 Å². The van der Waals surface area contributed by atoms with Crippen molar-refractivity contribution in [1.82, 2.24) is 0 Å². The molecule has 0 aliphatic rings. The number of benzene rings is 1. The summed E-state index contributed by atoms with van der Waals surface area (Å²) >= 11 is 0. The first kappa shape index (κ1) is 13.8. The van der Waals surface area contributed by atoms with E-state index < -0.39 is 0 Å². The fourth-order valence-corrected chi connectivity index (χ4v) is 1.43. The van der Waals surface area contributed by atoms with Crippen LogP contribution in [-0.2, 0) is 9.59 Å². The number of anilines is 2. The largest absolute Gasteiger partial charge is 0.383 e. The van der Waals surface area contributed by atoms with Gasteiger partial charge in [0.1, 0.15) is 0 Å². The maximum absolute atomic E-state index is 10.6. The molecular formula is C12H18N4O2. The molecule has 0 saturated carbocycles. The van der Waals surface area contributed by atoms with Crippen LogP contribution < -0.4 is 22.1 Å². The quantitative estimate of drug-likeness (QED) is 0.530. The van der Waals surface area contributed by atoms with Crippen LogP contribution in [0.2, 0.25) is 0 Å². The molecule has 0 aliphatic carbocycles. The van der Waals surface area contributed by atoms with Gasteiger partial charge in [-0.05, 0) is 12.1 Å². The van der Waals surface area contributed by atoms with Crippen LogP contribution >= 0.6 is 0 Å². The molecule has 2 amide bonds. The summed E-state index contributed by atoms with van der Waals surface area (Å²) in [4.78, 5) is 21.3. The lowest BCUT2D eigenvalue weighted by Gasteiger charge is -2.12. The second-order valence-electron chi connectivity index (χ2n) is 3.83. The zero-order chi connectivity index (χ0) is 13.4. The van der Waals surface area contributed by atoms with Gasteiger partial charge < -0.3 is 22.1 Å². The van der Waals surface area contributed by atoms with Gasteiger partial charge in [-0.3, -0.25) is 9.59 Å². The highest BCUT2D eigenvalue weighted by Crippen LogP contribution is 2.20. The molecule has 0 saturated heterocycles. The van der Waals surface area contributed by atoms with Crippen LogP contribution in [0.4, 0.5) is 11.4 Å². The van der Waals surface area contributed by atoms with Gasteiger partial charge in [0.25, 0.3) is 0 Å². The zero-order valence-electron chi connectivity index (χ0n) is 10.1. The Bertz CT molecular complexity index is 381. The summed E-state index contributed by atoms with van der Waals surface area (Å²) in [5.41, 5.74) is 11.9. The Morgan fingerprint density at radius 1 is 0.889 bits per heavy atom. The van der Waals surface area contributed by atoms with Crippen molar-refractivity contribution in [3.63, 3.8) is 0 Å². The third kappa shape index (κ3) is 5.20. The van der Waals surface area contributed by atoms with E-state index in [1.807, 2.05) is 24.3 Å². The number of amides is 2. The number of nitrogens with one attached hydrogen (secondary N) is 2. The smallest absolute Gasteiger partial charge is 0.219 e. The summed E-state index contributed by atoms with van der Waals surface area (Å²) in [5.74, 6) is -0.691. The van der Waals surface area contributed by atoms with Gasteiger partial charge in [-0.15, -0.1) is 0 Å². The van der Waals surface area contributed by atoms with Crippen LogP contribution in [0.5, 0.6) is 0 Å².